The Kier molecular flexibility index (Phi) is 6.05. The Morgan fingerprint density at radius 2 is 2.16 bits per heavy atom. The highest BCUT2D eigenvalue weighted by atomic mass is 32.2. The smallest absolute Gasteiger partial charge is 0.0412 e. The molecular formula is C16H26N2S. The highest BCUT2D eigenvalue weighted by Crippen LogP contribution is 2.24. The monoisotopic (exact) mass is 278 g/mol. The summed E-state index contributed by atoms with van der Waals surface area (Å²) in [6.45, 7) is 7.85. The summed E-state index contributed by atoms with van der Waals surface area (Å²) >= 11 is 2.05. The lowest BCUT2D eigenvalue weighted by Crippen LogP contribution is -2.38. The van der Waals surface area contributed by atoms with Crippen LogP contribution >= 0.6 is 11.8 Å². The molecule has 1 aliphatic rings. The average molecular weight is 278 g/mol. The van der Waals surface area contributed by atoms with E-state index < -0.39 is 0 Å². The molecule has 0 aliphatic carbocycles. The van der Waals surface area contributed by atoms with Crippen LogP contribution in [0.15, 0.2) is 24.3 Å². The van der Waals surface area contributed by atoms with E-state index in [0.29, 0.717) is 6.04 Å². The van der Waals surface area contributed by atoms with E-state index in [1.165, 1.54) is 42.1 Å². The van der Waals surface area contributed by atoms with Crippen molar-refractivity contribution in [1.82, 2.24) is 5.32 Å². The van der Waals surface area contributed by atoms with E-state index >= 15 is 0 Å². The number of para-hydroxylation sites is 1. The van der Waals surface area contributed by atoms with Gasteiger partial charge in [-0.15, -0.1) is 0 Å². The van der Waals surface area contributed by atoms with Crippen LogP contribution in [0.2, 0.25) is 0 Å². The first kappa shape index (κ1) is 14.7. The molecule has 0 saturated carbocycles. The molecule has 1 aromatic carbocycles. The van der Waals surface area contributed by atoms with Crippen molar-refractivity contribution < 1.29 is 0 Å². The van der Waals surface area contributed by atoms with Crippen molar-refractivity contribution in [2.45, 2.75) is 39.3 Å². The average Bonchev–Trinajstić information content (AvgIpc) is 2.63. The number of nitrogens with one attached hydrogen (secondary N) is 1. The number of nitrogens with zero attached hydrogens (tertiary/aromatic N) is 1. The Bertz CT molecular complexity index is 381. The molecule has 1 aromatic rings. The fraction of sp³-hybridized carbons (Fsp3) is 0.625. The lowest BCUT2D eigenvalue weighted by Gasteiger charge is -2.27. The summed E-state index contributed by atoms with van der Waals surface area (Å²) in [6.07, 6.45) is 2.48. The van der Waals surface area contributed by atoms with Gasteiger partial charge >= 0.3 is 0 Å². The molecule has 0 amide bonds. The van der Waals surface area contributed by atoms with Crippen LogP contribution in [-0.2, 0) is 6.54 Å². The molecule has 1 atom stereocenters. The number of thioether (sulfide) groups is 1. The van der Waals surface area contributed by atoms with Gasteiger partial charge in [-0.3, -0.25) is 0 Å². The molecular weight excluding hydrogens is 252 g/mol. The second-order valence-corrected chi connectivity index (χ2v) is 6.51. The van der Waals surface area contributed by atoms with Gasteiger partial charge in [-0.25, -0.2) is 0 Å². The largest absolute Gasteiger partial charge is 0.370 e. The van der Waals surface area contributed by atoms with Crippen molar-refractivity contribution in [1.29, 1.82) is 0 Å². The first-order chi connectivity index (χ1) is 9.35. The van der Waals surface area contributed by atoms with Gasteiger partial charge in [0.05, 0.1) is 0 Å². The van der Waals surface area contributed by atoms with Gasteiger partial charge in [-0.1, -0.05) is 32.0 Å². The lowest BCUT2D eigenvalue weighted by molar-refractivity contribution is 0.502. The molecule has 106 valence electrons. The van der Waals surface area contributed by atoms with Gasteiger partial charge in [-0.2, -0.15) is 11.8 Å². The van der Waals surface area contributed by atoms with Crippen LogP contribution in [0.1, 0.15) is 32.3 Å². The van der Waals surface area contributed by atoms with Crippen LogP contribution in [0.4, 0.5) is 5.69 Å². The summed E-state index contributed by atoms with van der Waals surface area (Å²) in [5.74, 6) is 2.51. The third-order valence-electron chi connectivity index (χ3n) is 3.77. The van der Waals surface area contributed by atoms with Crippen LogP contribution in [0, 0.1) is 0 Å². The fourth-order valence-corrected chi connectivity index (χ4v) is 3.26. The Hall–Kier alpha value is -0.670. The highest BCUT2D eigenvalue weighted by molar-refractivity contribution is 7.99. The van der Waals surface area contributed by atoms with Crippen molar-refractivity contribution in [3.8, 4) is 0 Å². The summed E-state index contributed by atoms with van der Waals surface area (Å²) in [5.41, 5.74) is 2.88. The van der Waals surface area contributed by atoms with Crippen LogP contribution in [0.3, 0.4) is 0 Å². The van der Waals surface area contributed by atoms with E-state index in [1.807, 2.05) is 11.8 Å². The van der Waals surface area contributed by atoms with Crippen LogP contribution < -0.4 is 10.2 Å². The van der Waals surface area contributed by atoms with Crippen molar-refractivity contribution in [2.24, 2.45) is 0 Å². The number of hydrogen-bond acceptors (Lipinski definition) is 3. The van der Waals surface area contributed by atoms with E-state index in [4.69, 9.17) is 0 Å². The van der Waals surface area contributed by atoms with Crippen molar-refractivity contribution in [3.63, 3.8) is 0 Å². The maximum absolute atomic E-state index is 3.67. The summed E-state index contributed by atoms with van der Waals surface area (Å²) in [4.78, 5) is 2.58. The van der Waals surface area contributed by atoms with E-state index in [9.17, 15) is 0 Å². The molecule has 0 spiro atoms. The lowest BCUT2D eigenvalue weighted by atomic mass is 10.1. The number of anilines is 1. The molecule has 0 aromatic heterocycles. The Morgan fingerprint density at radius 1 is 1.32 bits per heavy atom. The summed E-state index contributed by atoms with van der Waals surface area (Å²) in [7, 11) is 0. The minimum Gasteiger partial charge on any atom is -0.370 e. The van der Waals surface area contributed by atoms with Gasteiger partial charge < -0.3 is 10.2 Å². The van der Waals surface area contributed by atoms with Gasteiger partial charge in [0.1, 0.15) is 0 Å². The van der Waals surface area contributed by atoms with Gasteiger partial charge in [-0.05, 0) is 36.0 Å². The molecule has 0 saturated heterocycles. The normalized spacial score (nSPS) is 19.1. The minimum atomic E-state index is 0.617. The summed E-state index contributed by atoms with van der Waals surface area (Å²) in [6, 6.07) is 9.47. The molecule has 1 aliphatic heterocycles. The number of fused-ring (bicyclic) bond motifs is 1. The first-order valence-corrected chi connectivity index (χ1v) is 8.64. The van der Waals surface area contributed by atoms with Crippen LogP contribution in [-0.4, -0.2) is 30.6 Å². The van der Waals surface area contributed by atoms with E-state index in [2.05, 4.69) is 48.3 Å². The summed E-state index contributed by atoms with van der Waals surface area (Å²) in [5, 5.41) is 3.67. The standard InChI is InChI=1S/C16H26N2S/c1-3-15-13-18(10-7-11-19-4-2)16-9-6-5-8-14(16)12-17-15/h5-6,8-9,15,17H,3-4,7,10-13H2,1-2H3. The molecule has 2 nitrogen and oxygen atoms in total. The molecule has 19 heavy (non-hydrogen) atoms. The first-order valence-electron chi connectivity index (χ1n) is 7.49. The SMILES string of the molecule is CCSCCCN1CC(CC)NCc2ccccc21. The third kappa shape index (κ3) is 4.15. The van der Waals surface area contributed by atoms with Crippen LogP contribution in [0.25, 0.3) is 0 Å². The molecule has 3 heteroatoms. The number of hydrogen-bond donors (Lipinski definition) is 1. The van der Waals surface area contributed by atoms with Crippen molar-refractivity contribution >= 4 is 17.4 Å². The maximum Gasteiger partial charge on any atom is 0.0412 e. The predicted octanol–water partition coefficient (Wildman–Crippen LogP) is 3.52. The fourth-order valence-electron chi connectivity index (χ4n) is 2.64. The molecule has 0 fully saturated rings. The Balaban J connectivity index is 2.04. The Morgan fingerprint density at radius 3 is 2.95 bits per heavy atom. The second kappa shape index (κ2) is 7.81. The molecule has 2 rings (SSSR count). The van der Waals surface area contributed by atoms with Gasteiger partial charge in [0.2, 0.25) is 0 Å². The third-order valence-corrected chi connectivity index (χ3v) is 4.75. The maximum atomic E-state index is 3.67. The van der Waals surface area contributed by atoms with Crippen molar-refractivity contribution in [2.75, 3.05) is 29.5 Å². The molecule has 1 N–H and O–H groups in total. The highest BCUT2D eigenvalue weighted by Gasteiger charge is 2.19. The second-order valence-electron chi connectivity index (χ2n) is 5.11. The van der Waals surface area contributed by atoms with Crippen LogP contribution in [0.5, 0.6) is 0 Å². The molecule has 0 bridgehead atoms. The minimum absolute atomic E-state index is 0.617. The summed E-state index contributed by atoms with van der Waals surface area (Å²) < 4.78 is 0. The Labute approximate surface area is 122 Å². The molecule has 1 heterocycles. The van der Waals surface area contributed by atoms with Gasteiger partial charge in [0, 0.05) is 31.4 Å². The molecule has 0 radical (unpaired) electrons. The zero-order valence-corrected chi connectivity index (χ0v) is 13.0. The van der Waals surface area contributed by atoms with Gasteiger partial charge in [0.15, 0.2) is 0 Å². The topological polar surface area (TPSA) is 15.3 Å². The zero-order chi connectivity index (χ0) is 13.5. The van der Waals surface area contributed by atoms with E-state index in [0.717, 1.165) is 13.1 Å². The number of benzene rings is 1. The quantitative estimate of drug-likeness (QED) is 0.802. The molecule has 1 unspecified atom stereocenters. The van der Waals surface area contributed by atoms with Crippen molar-refractivity contribution in [3.05, 3.63) is 29.8 Å². The number of rotatable bonds is 6. The predicted molar refractivity (Wildman–Crippen MR) is 87.2 cm³/mol. The van der Waals surface area contributed by atoms with Gasteiger partial charge in [0.25, 0.3) is 0 Å². The van der Waals surface area contributed by atoms with E-state index in [1.54, 1.807) is 0 Å². The zero-order valence-electron chi connectivity index (χ0n) is 12.2. The van der Waals surface area contributed by atoms with E-state index in [-0.39, 0.29) is 0 Å².